The molecule has 3 rings (SSSR count). The monoisotopic (exact) mass is 601 g/mol. The van der Waals surface area contributed by atoms with Gasteiger partial charge in [-0.1, -0.05) is 23.7 Å². The molecule has 3 aromatic rings. The van der Waals surface area contributed by atoms with Gasteiger partial charge in [-0.2, -0.15) is 0 Å². The van der Waals surface area contributed by atoms with E-state index in [1.165, 1.54) is 19.4 Å². The number of carbonyl (C=O) groups excluding carboxylic acids is 2. The molecule has 0 saturated heterocycles. The maximum absolute atomic E-state index is 12.9. The number of amides is 2. The van der Waals surface area contributed by atoms with Crippen LogP contribution in [0.25, 0.3) is 0 Å². The predicted octanol–water partition coefficient (Wildman–Crippen LogP) is 2.01. The van der Waals surface area contributed by atoms with E-state index >= 15 is 0 Å². The van der Waals surface area contributed by atoms with E-state index in [1.807, 2.05) is 0 Å². The summed E-state index contributed by atoms with van der Waals surface area (Å²) in [6.07, 6.45) is -3.11. The van der Waals surface area contributed by atoms with Crippen molar-refractivity contribution in [1.82, 2.24) is 9.88 Å². The molecular weight excluding hydrogens is 574 g/mol. The van der Waals surface area contributed by atoms with E-state index < -0.39 is 36.0 Å². The molecule has 14 nitrogen and oxygen atoms in total. The van der Waals surface area contributed by atoms with Crippen LogP contribution in [0.2, 0.25) is 5.02 Å². The molecule has 0 aliphatic heterocycles. The molecule has 0 saturated carbocycles. The van der Waals surface area contributed by atoms with Gasteiger partial charge in [0.2, 0.25) is 0 Å². The van der Waals surface area contributed by atoms with Gasteiger partial charge in [0, 0.05) is 31.4 Å². The zero-order valence-corrected chi connectivity index (χ0v) is 23.3. The molecule has 2 amide bonds. The molecule has 2 atom stereocenters. The van der Waals surface area contributed by atoms with Crippen molar-refractivity contribution in [2.75, 3.05) is 31.8 Å². The summed E-state index contributed by atoms with van der Waals surface area (Å²) in [6.45, 7) is 0. The third kappa shape index (κ3) is 9.26. The molecule has 0 bridgehead atoms. The van der Waals surface area contributed by atoms with Gasteiger partial charge >= 0.3 is 11.9 Å². The standard InChI is InChI=1S/C23H22ClN5O3.C4H6O6/c1-29(2)21(25)14-4-6-15(7-5-14)22(30)27-19-10-9-17(32-3)12-18(19)23(31)28-20-11-8-16(24)13-26-20;5-1(3(7)8)2(6)4(9)10/h4-13,25H,1-3H3,(H,27,30)(H,26,28,31);1-2,5-6H,(H,7,8)(H,9,10)/t;1-,2-/m.1/s1. The molecule has 0 radical (unpaired) electrons. The molecule has 7 N–H and O–H groups in total. The Kier molecular flexibility index (Phi) is 11.9. The van der Waals surface area contributed by atoms with Gasteiger partial charge in [0.05, 0.1) is 23.4 Å². The van der Waals surface area contributed by atoms with Gasteiger partial charge in [0.25, 0.3) is 11.8 Å². The number of aliphatic carboxylic acids is 2. The Bertz CT molecular complexity index is 1430. The van der Waals surface area contributed by atoms with Gasteiger partial charge < -0.3 is 40.7 Å². The maximum atomic E-state index is 12.9. The van der Waals surface area contributed by atoms with E-state index in [0.29, 0.717) is 39.2 Å². The van der Waals surface area contributed by atoms with E-state index in [1.54, 1.807) is 67.5 Å². The van der Waals surface area contributed by atoms with Crippen molar-refractivity contribution in [3.8, 4) is 5.75 Å². The number of hydrogen-bond donors (Lipinski definition) is 7. The maximum Gasteiger partial charge on any atom is 0.335 e. The SMILES string of the molecule is COc1ccc(NC(=O)c2ccc(C(=N)N(C)C)cc2)c(C(=O)Nc2ccc(Cl)cn2)c1.O=C(O)[C@H](O)[C@@H](O)C(=O)O. The number of pyridine rings is 1. The third-order valence-corrected chi connectivity index (χ3v) is 5.58. The summed E-state index contributed by atoms with van der Waals surface area (Å²) in [5, 5.41) is 46.4. The lowest BCUT2D eigenvalue weighted by Gasteiger charge is -2.15. The second-order valence-electron chi connectivity index (χ2n) is 8.57. The van der Waals surface area contributed by atoms with Crippen LogP contribution in [0.4, 0.5) is 11.5 Å². The molecule has 1 aromatic heterocycles. The predicted molar refractivity (Wildman–Crippen MR) is 152 cm³/mol. The van der Waals surface area contributed by atoms with Crippen LogP contribution in [-0.2, 0) is 9.59 Å². The molecular formula is C27H28ClN5O9. The van der Waals surface area contributed by atoms with Crippen LogP contribution in [0, 0.1) is 5.41 Å². The summed E-state index contributed by atoms with van der Waals surface area (Å²) in [6, 6.07) is 14.6. The Balaban J connectivity index is 0.000000528. The van der Waals surface area contributed by atoms with Crippen molar-refractivity contribution in [2.24, 2.45) is 0 Å². The van der Waals surface area contributed by atoms with E-state index in [9.17, 15) is 19.2 Å². The van der Waals surface area contributed by atoms with Crippen LogP contribution in [-0.4, -0.2) is 93.3 Å². The molecule has 0 unspecified atom stereocenters. The highest BCUT2D eigenvalue weighted by atomic mass is 35.5. The molecule has 2 aromatic carbocycles. The van der Waals surface area contributed by atoms with Crippen LogP contribution >= 0.6 is 11.6 Å². The number of aliphatic hydroxyl groups is 2. The normalized spacial score (nSPS) is 11.6. The van der Waals surface area contributed by atoms with Crippen molar-refractivity contribution in [2.45, 2.75) is 12.2 Å². The Labute approximate surface area is 244 Å². The number of ether oxygens (including phenoxy) is 1. The van der Waals surface area contributed by atoms with Crippen molar-refractivity contribution in [1.29, 1.82) is 5.41 Å². The second-order valence-corrected chi connectivity index (χ2v) is 9.00. The van der Waals surface area contributed by atoms with Gasteiger partial charge in [0.15, 0.2) is 12.2 Å². The van der Waals surface area contributed by atoms with E-state index in [4.69, 9.17) is 42.2 Å². The van der Waals surface area contributed by atoms with Gasteiger partial charge in [-0.25, -0.2) is 14.6 Å². The van der Waals surface area contributed by atoms with Gasteiger partial charge in [0.1, 0.15) is 17.4 Å². The number of carboxylic acid groups (broad SMARTS) is 2. The number of carbonyl (C=O) groups is 4. The highest BCUT2D eigenvalue weighted by Crippen LogP contribution is 2.24. The fourth-order valence-corrected chi connectivity index (χ4v) is 3.19. The topological polar surface area (TPSA) is 222 Å². The minimum atomic E-state index is -2.27. The number of benzene rings is 2. The summed E-state index contributed by atoms with van der Waals surface area (Å²) >= 11 is 5.83. The fraction of sp³-hybridized carbons (Fsp3) is 0.185. The van der Waals surface area contributed by atoms with Crippen LogP contribution in [0.5, 0.6) is 5.75 Å². The molecule has 15 heteroatoms. The number of nitrogens with one attached hydrogen (secondary N) is 3. The minimum absolute atomic E-state index is 0.209. The van der Waals surface area contributed by atoms with Crippen molar-refractivity contribution in [3.63, 3.8) is 0 Å². The Hall–Kier alpha value is -5.05. The molecule has 0 aliphatic carbocycles. The Morgan fingerprint density at radius 1 is 0.881 bits per heavy atom. The average Bonchev–Trinajstić information content (AvgIpc) is 2.97. The first-order valence-electron chi connectivity index (χ1n) is 11.9. The van der Waals surface area contributed by atoms with E-state index in [-0.39, 0.29) is 5.56 Å². The lowest BCUT2D eigenvalue weighted by Crippen LogP contribution is -2.39. The number of aliphatic hydroxyl groups excluding tert-OH is 2. The quantitative estimate of drug-likeness (QED) is 0.139. The van der Waals surface area contributed by atoms with Gasteiger partial charge in [-0.05, 0) is 42.5 Å². The number of nitrogens with zero attached hydrogens (tertiary/aromatic N) is 2. The summed E-state index contributed by atoms with van der Waals surface area (Å²) in [5.74, 6) is -3.28. The van der Waals surface area contributed by atoms with Gasteiger partial charge in [-0.3, -0.25) is 15.0 Å². The molecule has 222 valence electrons. The molecule has 42 heavy (non-hydrogen) atoms. The van der Waals surface area contributed by atoms with Gasteiger partial charge in [-0.15, -0.1) is 0 Å². The Morgan fingerprint density at radius 2 is 1.45 bits per heavy atom. The number of rotatable bonds is 9. The lowest BCUT2D eigenvalue weighted by molar-refractivity contribution is -0.165. The number of carboxylic acids is 2. The van der Waals surface area contributed by atoms with E-state index in [2.05, 4.69) is 15.6 Å². The number of halogens is 1. The number of aromatic nitrogens is 1. The second kappa shape index (κ2) is 15.1. The van der Waals surface area contributed by atoms with Crippen LogP contribution in [0.3, 0.4) is 0 Å². The largest absolute Gasteiger partial charge is 0.497 e. The Morgan fingerprint density at radius 3 is 1.93 bits per heavy atom. The smallest absolute Gasteiger partial charge is 0.335 e. The first-order chi connectivity index (χ1) is 19.7. The first kappa shape index (κ1) is 33.2. The number of amidine groups is 1. The number of hydrogen-bond acceptors (Lipinski definition) is 9. The highest BCUT2D eigenvalue weighted by molar-refractivity contribution is 6.30. The zero-order valence-electron chi connectivity index (χ0n) is 22.5. The van der Waals surface area contributed by atoms with Crippen molar-refractivity contribution >= 4 is 52.7 Å². The fourth-order valence-electron chi connectivity index (χ4n) is 3.08. The van der Waals surface area contributed by atoms with Crippen LogP contribution < -0.4 is 15.4 Å². The summed E-state index contributed by atoms with van der Waals surface area (Å²) in [4.78, 5) is 50.9. The van der Waals surface area contributed by atoms with E-state index in [0.717, 1.165) is 0 Å². The van der Waals surface area contributed by atoms with Crippen molar-refractivity contribution in [3.05, 3.63) is 82.5 Å². The minimum Gasteiger partial charge on any atom is -0.497 e. The number of anilines is 2. The molecule has 0 spiro atoms. The summed E-state index contributed by atoms with van der Waals surface area (Å²) < 4.78 is 5.22. The van der Waals surface area contributed by atoms with Crippen LogP contribution in [0.15, 0.2) is 60.8 Å². The molecule has 1 heterocycles. The molecule has 0 aliphatic rings. The van der Waals surface area contributed by atoms with Crippen molar-refractivity contribution < 1.29 is 44.3 Å². The summed E-state index contributed by atoms with van der Waals surface area (Å²) in [5.41, 5.74) is 1.60. The lowest BCUT2D eigenvalue weighted by atomic mass is 10.1. The first-order valence-corrected chi connectivity index (χ1v) is 12.2. The zero-order chi connectivity index (χ0) is 31.6. The summed E-state index contributed by atoms with van der Waals surface area (Å²) in [7, 11) is 5.04. The third-order valence-electron chi connectivity index (χ3n) is 5.36. The van der Waals surface area contributed by atoms with Crippen LogP contribution in [0.1, 0.15) is 26.3 Å². The number of methoxy groups -OCH3 is 1. The average molecular weight is 602 g/mol. The highest BCUT2D eigenvalue weighted by Gasteiger charge is 2.29. The molecule has 0 fully saturated rings.